The van der Waals surface area contributed by atoms with Crippen molar-refractivity contribution in [2.75, 3.05) is 12.8 Å². The Kier molecular flexibility index (Phi) is 4.14. The van der Waals surface area contributed by atoms with Crippen LogP contribution in [-0.2, 0) is 34.2 Å². The number of nitrogens with zero attached hydrogens (tertiary/aromatic N) is 3. The van der Waals surface area contributed by atoms with Gasteiger partial charge in [0.15, 0.2) is 0 Å². The Bertz CT molecular complexity index is 689. The fourth-order valence-electron chi connectivity index (χ4n) is 3.12. The maximum absolute atomic E-state index is 12.2. The molecule has 1 aromatic heterocycles. The van der Waals surface area contributed by atoms with Gasteiger partial charge in [0.2, 0.25) is 15.9 Å². The van der Waals surface area contributed by atoms with Crippen molar-refractivity contribution in [3.8, 4) is 0 Å². The van der Waals surface area contributed by atoms with Crippen LogP contribution in [0.2, 0.25) is 0 Å². The average molecular weight is 324 g/mol. The minimum absolute atomic E-state index is 0.236. The minimum atomic E-state index is -3.35. The summed E-state index contributed by atoms with van der Waals surface area (Å²) in [7, 11) is -3.35. The summed E-state index contributed by atoms with van der Waals surface area (Å²) in [6.07, 6.45) is 7.32. The third-order valence-electron chi connectivity index (χ3n) is 4.22. The summed E-state index contributed by atoms with van der Waals surface area (Å²) in [6.45, 7) is 0.645. The van der Waals surface area contributed by atoms with E-state index in [0.717, 1.165) is 31.2 Å². The van der Waals surface area contributed by atoms with Crippen molar-refractivity contribution in [2.45, 2.75) is 44.7 Å². The van der Waals surface area contributed by atoms with E-state index in [9.17, 15) is 13.2 Å². The van der Waals surface area contributed by atoms with E-state index in [0.29, 0.717) is 25.2 Å². The van der Waals surface area contributed by atoms with Gasteiger partial charge in [-0.1, -0.05) is 0 Å². The van der Waals surface area contributed by atoms with E-state index in [-0.39, 0.29) is 12.5 Å². The van der Waals surface area contributed by atoms with E-state index in [1.165, 1.54) is 9.87 Å². The van der Waals surface area contributed by atoms with Gasteiger partial charge in [0, 0.05) is 18.4 Å². The predicted octanol–water partition coefficient (Wildman–Crippen LogP) is 0.00550. The summed E-state index contributed by atoms with van der Waals surface area (Å²) < 4.78 is 24.6. The first-order valence-corrected chi connectivity index (χ1v) is 9.38. The molecular weight excluding hydrogens is 304 g/mol. The summed E-state index contributed by atoms with van der Waals surface area (Å²) in [5.74, 6) is 0.310. The van der Waals surface area contributed by atoms with Crippen molar-refractivity contribution in [2.24, 2.45) is 0 Å². The van der Waals surface area contributed by atoms with Crippen molar-refractivity contribution in [1.82, 2.24) is 19.6 Å². The number of fused-ring (bicyclic) bond motifs is 1. The number of aromatic nitrogens is 2. The average Bonchev–Trinajstić information content (AvgIpc) is 3.12. The number of aryl methyl sites for hydroxylation is 2. The van der Waals surface area contributed by atoms with Gasteiger partial charge in [-0.15, -0.1) is 0 Å². The molecule has 0 radical (unpaired) electrons. The second-order valence-corrected chi connectivity index (χ2v) is 7.80. The molecule has 22 heavy (non-hydrogen) atoms. The molecule has 2 aliphatic rings. The fourth-order valence-corrected chi connectivity index (χ4v) is 4.25. The zero-order valence-corrected chi connectivity index (χ0v) is 13.4. The molecule has 1 N–H and O–H groups in total. The smallest absolute Gasteiger partial charge is 0.238 e. The highest BCUT2D eigenvalue weighted by atomic mass is 32.2. The van der Waals surface area contributed by atoms with Gasteiger partial charge in [-0.3, -0.25) is 4.79 Å². The Morgan fingerprint density at radius 3 is 3.00 bits per heavy atom. The van der Waals surface area contributed by atoms with Crippen molar-refractivity contribution in [1.29, 1.82) is 0 Å². The Labute approximate surface area is 130 Å². The van der Waals surface area contributed by atoms with E-state index in [4.69, 9.17) is 0 Å². The normalized spacial score (nSPS) is 21.8. The highest BCUT2D eigenvalue weighted by Crippen LogP contribution is 2.21. The Morgan fingerprint density at radius 2 is 2.23 bits per heavy atom. The van der Waals surface area contributed by atoms with Crippen LogP contribution in [0.15, 0.2) is 6.20 Å². The summed E-state index contributed by atoms with van der Waals surface area (Å²) >= 11 is 0. The second-order valence-electron chi connectivity index (χ2n) is 5.86. The molecular formula is C14H20N4O3S. The summed E-state index contributed by atoms with van der Waals surface area (Å²) in [4.78, 5) is 21.0. The molecule has 1 aliphatic heterocycles. The largest absolute Gasteiger partial charge is 0.347 e. The van der Waals surface area contributed by atoms with Crippen LogP contribution < -0.4 is 5.32 Å². The quantitative estimate of drug-likeness (QED) is 0.842. The van der Waals surface area contributed by atoms with Gasteiger partial charge in [-0.05, 0) is 37.7 Å². The standard InChI is InChI=1S/C14H20N4O3S/c1-22(20,21)18-7-3-6-12(18)14(19)16-9-13-15-8-10-4-2-5-11(10)17-13/h8,12H,2-7,9H2,1H3,(H,16,19)/t12-/m0/s1. The molecule has 1 amide bonds. The molecule has 0 unspecified atom stereocenters. The van der Waals surface area contributed by atoms with Crippen LogP contribution in [-0.4, -0.2) is 47.4 Å². The number of hydrogen-bond acceptors (Lipinski definition) is 5. The molecule has 3 rings (SSSR count). The highest BCUT2D eigenvalue weighted by Gasteiger charge is 2.36. The highest BCUT2D eigenvalue weighted by molar-refractivity contribution is 7.88. The number of amides is 1. The first kappa shape index (κ1) is 15.4. The molecule has 0 aromatic carbocycles. The molecule has 1 atom stereocenters. The van der Waals surface area contributed by atoms with E-state index in [1.807, 2.05) is 6.20 Å². The third kappa shape index (κ3) is 3.12. The number of nitrogens with one attached hydrogen (secondary N) is 1. The maximum Gasteiger partial charge on any atom is 0.238 e. The molecule has 1 aromatic rings. The van der Waals surface area contributed by atoms with Crippen molar-refractivity contribution in [3.05, 3.63) is 23.3 Å². The first-order valence-electron chi connectivity index (χ1n) is 7.53. The van der Waals surface area contributed by atoms with Crippen LogP contribution in [0.25, 0.3) is 0 Å². The second kappa shape index (κ2) is 5.92. The Morgan fingerprint density at radius 1 is 1.41 bits per heavy atom. The van der Waals surface area contributed by atoms with E-state index in [1.54, 1.807) is 0 Å². The summed E-state index contributed by atoms with van der Waals surface area (Å²) in [5, 5.41) is 2.76. The molecule has 8 heteroatoms. The SMILES string of the molecule is CS(=O)(=O)N1CCC[C@H]1C(=O)NCc1ncc2c(n1)CCC2. The molecule has 0 bridgehead atoms. The van der Waals surface area contributed by atoms with Gasteiger partial charge in [-0.25, -0.2) is 18.4 Å². The van der Waals surface area contributed by atoms with Crippen LogP contribution in [0.5, 0.6) is 0 Å². The summed E-state index contributed by atoms with van der Waals surface area (Å²) in [5.41, 5.74) is 2.26. The lowest BCUT2D eigenvalue weighted by Gasteiger charge is -2.21. The third-order valence-corrected chi connectivity index (χ3v) is 5.51. The van der Waals surface area contributed by atoms with Gasteiger partial charge in [0.25, 0.3) is 0 Å². The lowest BCUT2D eigenvalue weighted by molar-refractivity contribution is -0.124. The van der Waals surface area contributed by atoms with Crippen molar-refractivity contribution >= 4 is 15.9 Å². The minimum Gasteiger partial charge on any atom is -0.347 e. The van der Waals surface area contributed by atoms with Gasteiger partial charge >= 0.3 is 0 Å². The molecule has 7 nitrogen and oxygen atoms in total. The number of carbonyl (C=O) groups is 1. The zero-order chi connectivity index (χ0) is 15.7. The fraction of sp³-hybridized carbons (Fsp3) is 0.643. The Balaban J connectivity index is 1.63. The molecule has 1 saturated heterocycles. The van der Waals surface area contributed by atoms with Gasteiger partial charge in [0.1, 0.15) is 11.9 Å². The number of carbonyl (C=O) groups excluding carboxylic acids is 1. The monoisotopic (exact) mass is 324 g/mol. The molecule has 0 saturated carbocycles. The zero-order valence-electron chi connectivity index (χ0n) is 12.6. The van der Waals surface area contributed by atoms with Crippen LogP contribution in [0, 0.1) is 0 Å². The van der Waals surface area contributed by atoms with Gasteiger partial charge in [-0.2, -0.15) is 4.31 Å². The van der Waals surface area contributed by atoms with E-state index in [2.05, 4.69) is 15.3 Å². The number of hydrogen-bond donors (Lipinski definition) is 1. The van der Waals surface area contributed by atoms with Crippen LogP contribution in [0.1, 0.15) is 36.3 Å². The molecule has 1 aliphatic carbocycles. The lowest BCUT2D eigenvalue weighted by Crippen LogP contribution is -2.45. The molecule has 0 spiro atoms. The number of rotatable bonds is 4. The van der Waals surface area contributed by atoms with Crippen LogP contribution in [0.3, 0.4) is 0 Å². The lowest BCUT2D eigenvalue weighted by atomic mass is 10.2. The Hall–Kier alpha value is -1.54. The molecule has 120 valence electrons. The maximum atomic E-state index is 12.2. The van der Waals surface area contributed by atoms with Crippen LogP contribution >= 0.6 is 0 Å². The molecule has 1 fully saturated rings. The van der Waals surface area contributed by atoms with E-state index >= 15 is 0 Å². The first-order chi connectivity index (χ1) is 10.4. The summed E-state index contributed by atoms with van der Waals surface area (Å²) in [6, 6.07) is -0.607. The van der Waals surface area contributed by atoms with Crippen molar-refractivity contribution < 1.29 is 13.2 Å². The predicted molar refractivity (Wildman–Crippen MR) is 80.5 cm³/mol. The van der Waals surface area contributed by atoms with E-state index < -0.39 is 16.1 Å². The van der Waals surface area contributed by atoms with Gasteiger partial charge < -0.3 is 5.32 Å². The topological polar surface area (TPSA) is 92.3 Å². The van der Waals surface area contributed by atoms with Crippen LogP contribution in [0.4, 0.5) is 0 Å². The number of sulfonamides is 1. The van der Waals surface area contributed by atoms with Crippen molar-refractivity contribution in [3.63, 3.8) is 0 Å². The molecule has 2 heterocycles. The van der Waals surface area contributed by atoms with Gasteiger partial charge in [0.05, 0.1) is 12.8 Å².